The highest BCUT2D eigenvalue weighted by molar-refractivity contribution is 7.20. The van der Waals surface area contributed by atoms with E-state index in [1.807, 2.05) is 0 Å². The average molecular weight is 1030 g/mol. The molecule has 4 aromatic heterocycles. The lowest BCUT2D eigenvalue weighted by molar-refractivity contribution is 0.993. The minimum absolute atomic E-state index is 0.404. The van der Waals surface area contributed by atoms with Gasteiger partial charge < -0.3 is 9.13 Å². The predicted octanol–water partition coefficient (Wildman–Crippen LogP) is 14.5. The summed E-state index contributed by atoms with van der Waals surface area (Å²) in [4.78, 5) is 9.95. The summed E-state index contributed by atoms with van der Waals surface area (Å²) in [5.74, 6) is -1.10. The molecule has 0 spiro atoms. The number of hydrogen-bond donors (Lipinski definition) is 0. The molecule has 76 heavy (non-hydrogen) atoms. The van der Waals surface area contributed by atoms with Crippen molar-refractivity contribution in [2.75, 3.05) is 0 Å². The fourth-order valence-corrected chi connectivity index (χ4v) is 13.2. The Kier molecular flexibility index (Phi) is 4.37. The normalized spacial score (nSPS) is 19.7. The van der Waals surface area contributed by atoms with Crippen LogP contribution in [0.5, 0.6) is 0 Å². The van der Waals surface area contributed by atoms with Gasteiger partial charge in [0.15, 0.2) is 8.07 Å². The molecule has 0 aliphatic carbocycles. The van der Waals surface area contributed by atoms with E-state index in [1.54, 1.807) is 0 Å². The zero-order chi connectivity index (χ0) is 86.7. The largest absolute Gasteiger partial charge is 0.309 e. The van der Waals surface area contributed by atoms with Gasteiger partial charge >= 0.3 is 0 Å². The molecule has 0 saturated carbocycles. The van der Waals surface area contributed by atoms with Crippen molar-refractivity contribution in [3.8, 4) is 39.8 Å². The summed E-state index contributed by atoms with van der Waals surface area (Å²) in [6.07, 6.45) is 0. The Hall–Kier alpha value is -9.88. The third-order valence-electron chi connectivity index (χ3n) is 12.7. The Morgan fingerprint density at radius 2 is 0.645 bits per heavy atom. The van der Waals surface area contributed by atoms with Gasteiger partial charge in [-0.15, -0.1) is 0 Å². The number of hydrogen-bond acceptors (Lipinski definition) is 2. The van der Waals surface area contributed by atoms with Crippen LogP contribution in [0.25, 0.3) is 105 Å². The number of fused-ring (bicyclic) bond motifs is 9. The summed E-state index contributed by atoms with van der Waals surface area (Å²) in [5.41, 5.74) is -9.74. The average Bonchev–Trinajstić information content (AvgIpc) is 0.838. The van der Waals surface area contributed by atoms with Crippen LogP contribution >= 0.6 is 0 Å². The van der Waals surface area contributed by atoms with Crippen molar-refractivity contribution in [1.29, 1.82) is 0 Å². The summed E-state index contributed by atoms with van der Waals surface area (Å²) < 4.78 is 402. The lowest BCUT2D eigenvalue weighted by Gasteiger charge is -2.35. The molecular formula is C70H47N5Si. The smallest absolute Gasteiger partial charge is 0.235 e. The monoisotopic (exact) mass is 1030 g/mol. The highest BCUT2D eigenvalue weighted by Gasteiger charge is 2.42. The Labute approximate surface area is 499 Å². The quantitative estimate of drug-likeness (QED) is 0.107. The summed E-state index contributed by atoms with van der Waals surface area (Å²) in [5, 5.41) is -9.43. The molecule has 356 valence electrons. The van der Waals surface area contributed by atoms with Gasteiger partial charge in [-0.2, -0.15) is 0 Å². The van der Waals surface area contributed by atoms with Gasteiger partial charge in [0.25, 0.3) is 0 Å². The fourth-order valence-electron chi connectivity index (χ4n) is 9.62. The van der Waals surface area contributed by atoms with Crippen LogP contribution in [0.1, 0.15) is 57.6 Å². The maximum Gasteiger partial charge on any atom is 0.235 e. The molecule has 0 radical (unpaired) electrons. The first-order chi connectivity index (χ1) is 55.2. The Morgan fingerprint density at radius 3 is 1.07 bits per heavy atom. The van der Waals surface area contributed by atoms with E-state index >= 15 is 0 Å². The zero-order valence-corrected chi connectivity index (χ0v) is 39.1. The second kappa shape index (κ2) is 17.7. The van der Waals surface area contributed by atoms with Crippen LogP contribution < -0.4 is 20.7 Å². The van der Waals surface area contributed by atoms with Crippen molar-refractivity contribution < 1.29 is 57.6 Å². The Morgan fingerprint density at radius 1 is 0.303 bits per heavy atom. The molecule has 0 fully saturated rings. The standard InChI is InChI=1S/C70H47N5Si/c1-4-24-48(25-5-1)76(49-26-6-2-7-27-49,50-28-8-3-9-29-50)51-44-45-69(74-64-39-19-12-32-54(64)55-33-13-20-40-65(55)74)59(46-51)61-47-60(71-70(72-61)75-66-41-21-14-34-56(66)57-35-15-22-42-67(57)75)58-36-16-23-43-68(58)73-62-37-17-10-30-52(62)53-31-11-18-38-63(53)73/h1-47H/i1D,2D,3D,4D,5D,6D,7D,8D,9D,10D,11D,12D,13D,14D,15D,17D,18D,19D,20D,21D,22D,24D,25D,26D,27D,28D,29D,30D,31D,32D,33D,34D,35D,37D,38D,39D,40D,41D,42D,44D,45D,46D. The summed E-state index contributed by atoms with van der Waals surface area (Å²) in [6, 6.07) is -43.5. The van der Waals surface area contributed by atoms with Gasteiger partial charge in [-0.05, 0) is 75.2 Å². The van der Waals surface area contributed by atoms with E-state index in [9.17, 15) is 39.8 Å². The minimum atomic E-state index is -6.99. The number of para-hydroxylation sites is 7. The van der Waals surface area contributed by atoms with Crippen LogP contribution in [-0.4, -0.2) is 31.7 Å². The summed E-state index contributed by atoms with van der Waals surface area (Å²) in [6.45, 7) is 0. The summed E-state index contributed by atoms with van der Waals surface area (Å²) >= 11 is 0. The molecule has 15 aromatic rings. The first-order valence-corrected chi connectivity index (χ1v) is 24.6. The predicted molar refractivity (Wildman–Crippen MR) is 320 cm³/mol. The van der Waals surface area contributed by atoms with Gasteiger partial charge in [0.1, 0.15) is 0 Å². The fraction of sp³-hybridized carbons (Fsp3) is 0. The van der Waals surface area contributed by atoms with Crippen molar-refractivity contribution >= 4 is 94.2 Å². The molecule has 6 heteroatoms. The van der Waals surface area contributed by atoms with Crippen LogP contribution in [0.15, 0.2) is 284 Å². The lowest BCUT2D eigenvalue weighted by atomic mass is 10.0. The maximum atomic E-state index is 11.6. The van der Waals surface area contributed by atoms with Gasteiger partial charge in [-0.3, -0.25) is 4.57 Å². The third kappa shape index (κ3) is 6.64. The van der Waals surface area contributed by atoms with Crippen LogP contribution in [0.3, 0.4) is 0 Å². The highest BCUT2D eigenvalue weighted by Crippen LogP contribution is 2.41. The molecule has 0 saturated heterocycles. The van der Waals surface area contributed by atoms with E-state index in [2.05, 4.69) is 0 Å². The molecular weight excluding hydrogens is 939 g/mol. The van der Waals surface area contributed by atoms with Crippen LogP contribution in [0.4, 0.5) is 0 Å². The van der Waals surface area contributed by atoms with Crippen LogP contribution in [-0.2, 0) is 0 Å². The molecule has 0 unspecified atom stereocenters. The third-order valence-corrected chi connectivity index (χ3v) is 16.7. The number of aromatic nitrogens is 5. The first-order valence-electron chi connectivity index (χ1n) is 43.6. The van der Waals surface area contributed by atoms with Gasteiger partial charge in [-0.1, -0.05) is 230 Å². The van der Waals surface area contributed by atoms with E-state index in [-0.39, 0.29) is 0 Å². The van der Waals surface area contributed by atoms with Crippen LogP contribution in [0, 0.1) is 0 Å². The zero-order valence-electron chi connectivity index (χ0n) is 80.1. The molecule has 5 nitrogen and oxygen atoms in total. The minimum Gasteiger partial charge on any atom is -0.309 e. The number of rotatable bonds is 9. The topological polar surface area (TPSA) is 40.6 Å². The molecule has 0 bridgehead atoms. The van der Waals surface area contributed by atoms with Crippen molar-refractivity contribution in [1.82, 2.24) is 23.7 Å². The van der Waals surface area contributed by atoms with Crippen LogP contribution in [0.2, 0.25) is 0 Å². The SMILES string of the molecule is [2H]c1c([2H])c([2H])c([Si](c2c([2H])c([2H])c([2H])c([2H])c2[2H])(c2c([2H])c([2H])c([2H])c([2H])c2[2H])c2c([2H])c([2H])c(-n3c4c([2H])c([2H])c([2H])c([2H])c4c4c([2H])c([2H])c([2H])c([2H])c43)c(-c3cc(-c4ccccc4-n4c5c([2H])c([2H])c([2H])c([2H])c5c5c([2H])c([2H])c([2H])c([2H])c54)nc(-n4c5c([2H])c([2H])c([2H])c([2H])c5c5c([2H])c([2H])c([2H])c([2H])c54)n3)c2[2H])c([2H])c1[2H]. The van der Waals surface area contributed by atoms with Gasteiger partial charge in [0.05, 0.1) is 113 Å². The van der Waals surface area contributed by atoms with Gasteiger partial charge in [0, 0.05) is 43.4 Å². The molecule has 0 atom stereocenters. The second-order valence-corrected chi connectivity index (χ2v) is 20.0. The van der Waals surface area contributed by atoms with Crippen molar-refractivity contribution in [2.24, 2.45) is 0 Å². The van der Waals surface area contributed by atoms with Crippen molar-refractivity contribution in [3.05, 3.63) is 284 Å². The molecule has 11 aromatic carbocycles. The molecule has 0 aliphatic rings. The van der Waals surface area contributed by atoms with E-state index < -0.39 is 388 Å². The highest BCUT2D eigenvalue weighted by atomic mass is 28.3. The molecule has 0 N–H and O–H groups in total. The maximum absolute atomic E-state index is 11.6. The first kappa shape index (κ1) is 18.8. The van der Waals surface area contributed by atoms with Gasteiger partial charge in [-0.25, -0.2) is 9.97 Å². The molecule has 0 amide bonds. The molecule has 15 rings (SSSR count). The van der Waals surface area contributed by atoms with Gasteiger partial charge in [0.2, 0.25) is 5.95 Å². The summed E-state index contributed by atoms with van der Waals surface area (Å²) in [7, 11) is -6.99. The van der Waals surface area contributed by atoms with E-state index in [4.69, 9.17) is 27.8 Å². The lowest BCUT2D eigenvalue weighted by Crippen LogP contribution is -2.74. The second-order valence-electron chi connectivity index (χ2n) is 16.5. The van der Waals surface area contributed by atoms with E-state index in [0.717, 1.165) is 10.6 Å². The number of nitrogens with zero attached hydrogens (tertiary/aromatic N) is 5. The van der Waals surface area contributed by atoms with E-state index in [1.165, 1.54) is 24.3 Å². The van der Waals surface area contributed by atoms with E-state index in [0.29, 0.717) is 9.13 Å². The molecule has 0 aliphatic heterocycles. The van der Waals surface area contributed by atoms with Crippen molar-refractivity contribution in [3.63, 3.8) is 0 Å². The number of benzene rings is 11. The molecule has 4 heterocycles. The Balaban J connectivity index is 1.32. The Bertz CT molecular complexity index is 6800. The van der Waals surface area contributed by atoms with Crippen molar-refractivity contribution in [2.45, 2.75) is 0 Å².